The number of carboxylic acids is 1. The lowest BCUT2D eigenvalue weighted by atomic mass is 9.99. The second-order valence-corrected chi connectivity index (χ2v) is 8.54. The molecule has 2 atom stereocenters. The van der Waals surface area contributed by atoms with E-state index in [4.69, 9.17) is 9.84 Å². The molecule has 0 aromatic heterocycles. The molecule has 1 fully saturated rings. The van der Waals surface area contributed by atoms with E-state index < -0.39 is 41.2 Å². The Hall–Kier alpha value is -3.72. The number of amides is 1. The van der Waals surface area contributed by atoms with Gasteiger partial charge in [0.05, 0.1) is 12.0 Å². The van der Waals surface area contributed by atoms with Crippen LogP contribution in [0.2, 0.25) is 0 Å². The van der Waals surface area contributed by atoms with Crippen LogP contribution in [0.4, 0.5) is 17.6 Å². The molecular weight excluding hydrogens is 454 g/mol. The van der Waals surface area contributed by atoms with E-state index in [1.807, 2.05) is 18.2 Å². The van der Waals surface area contributed by atoms with Crippen LogP contribution < -0.4 is 4.74 Å². The average molecular weight is 472 g/mol. The minimum absolute atomic E-state index is 0.114. The first-order valence-electron chi connectivity index (χ1n) is 10.5. The fraction of sp³-hybridized carbons (Fsp3) is 0.200. The van der Waals surface area contributed by atoms with Gasteiger partial charge in [0.15, 0.2) is 6.54 Å². The predicted octanol–water partition coefficient (Wildman–Crippen LogP) is 5.03. The Morgan fingerprint density at radius 2 is 1.79 bits per heavy atom. The monoisotopic (exact) mass is 472 g/mol. The summed E-state index contributed by atoms with van der Waals surface area (Å²) in [4.78, 5) is 24.2. The van der Waals surface area contributed by atoms with Crippen molar-refractivity contribution < 1.29 is 41.5 Å². The second-order valence-electron chi connectivity index (χ2n) is 8.54. The lowest BCUT2D eigenvalue weighted by molar-refractivity contribution is -0.758. The molecule has 0 bridgehead atoms. The van der Waals surface area contributed by atoms with Gasteiger partial charge in [-0.05, 0) is 47.0 Å². The maximum Gasteiger partial charge on any atom is 0.416 e. The average Bonchev–Trinajstić information content (AvgIpc) is 3.50. The number of carboxylic acid groups (broad SMARTS) is 1. The number of carbonyl (C=O) groups is 2. The molecule has 3 aromatic rings. The number of hydrogen-bond acceptors (Lipinski definition) is 3. The molecule has 0 aliphatic carbocycles. The molecule has 9 heteroatoms. The Morgan fingerprint density at radius 3 is 2.50 bits per heavy atom. The van der Waals surface area contributed by atoms with Crippen molar-refractivity contribution in [2.75, 3.05) is 6.54 Å². The number of benzene rings is 3. The highest BCUT2D eigenvalue weighted by Crippen LogP contribution is 2.46. The van der Waals surface area contributed by atoms with Gasteiger partial charge in [-0.15, -0.1) is 0 Å². The Balaban J connectivity index is 1.43. The highest BCUT2D eigenvalue weighted by Gasteiger charge is 2.66. The van der Waals surface area contributed by atoms with E-state index in [1.54, 1.807) is 24.3 Å². The number of carbonyl (C=O) groups excluding carboxylic acids is 1. The van der Waals surface area contributed by atoms with E-state index in [1.165, 1.54) is 0 Å². The summed E-state index contributed by atoms with van der Waals surface area (Å²) in [6, 6.07) is 14.4. The number of quaternary nitrogens is 1. The van der Waals surface area contributed by atoms with Crippen molar-refractivity contribution in [3.63, 3.8) is 0 Å². The summed E-state index contributed by atoms with van der Waals surface area (Å²) in [6.45, 7) is 0.499. The lowest BCUT2D eigenvalue weighted by Gasteiger charge is -2.25. The number of ether oxygens (including phenoxy) is 1. The zero-order valence-electron chi connectivity index (χ0n) is 17.6. The Kier molecular flexibility index (Phi) is 4.98. The summed E-state index contributed by atoms with van der Waals surface area (Å²) < 4.78 is 58.7. The molecule has 5 nitrogen and oxygen atoms in total. The molecule has 2 unspecified atom stereocenters. The summed E-state index contributed by atoms with van der Waals surface area (Å²) in [5.74, 6) is -2.20. The van der Waals surface area contributed by atoms with Gasteiger partial charge in [0, 0.05) is 5.56 Å². The van der Waals surface area contributed by atoms with Gasteiger partial charge in [0.25, 0.3) is 6.23 Å². The summed E-state index contributed by atoms with van der Waals surface area (Å²) in [6.07, 6.45) is -5.34. The van der Waals surface area contributed by atoms with E-state index in [0.717, 1.165) is 17.2 Å². The van der Waals surface area contributed by atoms with Crippen LogP contribution in [0.1, 0.15) is 27.0 Å². The van der Waals surface area contributed by atoms with Crippen LogP contribution in [-0.4, -0.2) is 34.2 Å². The van der Waals surface area contributed by atoms with Gasteiger partial charge < -0.3 is 9.84 Å². The molecule has 2 aliphatic rings. The molecule has 34 heavy (non-hydrogen) atoms. The van der Waals surface area contributed by atoms with Crippen molar-refractivity contribution >= 4 is 11.9 Å². The Morgan fingerprint density at radius 1 is 1.03 bits per heavy atom. The molecule has 0 saturated carbocycles. The molecule has 1 amide bonds. The van der Waals surface area contributed by atoms with Crippen LogP contribution in [0, 0.1) is 5.82 Å². The van der Waals surface area contributed by atoms with E-state index in [-0.39, 0.29) is 24.0 Å². The van der Waals surface area contributed by atoms with Crippen LogP contribution >= 0.6 is 0 Å². The van der Waals surface area contributed by atoms with Crippen molar-refractivity contribution in [1.82, 2.24) is 0 Å². The number of nitrogens with zero attached hydrogens (tertiary/aromatic N) is 1. The van der Waals surface area contributed by atoms with Crippen LogP contribution in [0.3, 0.4) is 0 Å². The van der Waals surface area contributed by atoms with Crippen molar-refractivity contribution in [3.05, 3.63) is 88.7 Å². The molecule has 2 heterocycles. The largest absolute Gasteiger partial charge is 0.481 e. The first-order chi connectivity index (χ1) is 16.1. The highest BCUT2D eigenvalue weighted by molar-refractivity contribution is 5.90. The zero-order valence-corrected chi connectivity index (χ0v) is 17.6. The number of rotatable bonds is 4. The van der Waals surface area contributed by atoms with Gasteiger partial charge in [0.2, 0.25) is 0 Å². The van der Waals surface area contributed by atoms with Crippen LogP contribution in [0.25, 0.3) is 11.1 Å². The van der Waals surface area contributed by atoms with Gasteiger partial charge in [0.1, 0.15) is 23.7 Å². The van der Waals surface area contributed by atoms with Gasteiger partial charge in [-0.1, -0.05) is 30.3 Å². The minimum Gasteiger partial charge on any atom is -0.481 e. The maximum absolute atomic E-state index is 14.5. The Labute approximate surface area is 191 Å². The molecule has 2 aliphatic heterocycles. The van der Waals surface area contributed by atoms with Crippen LogP contribution in [-0.2, 0) is 23.9 Å². The van der Waals surface area contributed by atoms with Gasteiger partial charge in [-0.2, -0.15) is 13.2 Å². The normalized spacial score (nSPS) is 20.6. The fourth-order valence-corrected chi connectivity index (χ4v) is 4.41. The SMILES string of the molecule is O=C(O)Cc1cccc(-c2ccc3c(c2)C[N+]2(C(=O)c4ccc(C(F)(F)F)cc4F)CC2O3)c1. The quantitative estimate of drug-likeness (QED) is 0.329. The fourth-order valence-electron chi connectivity index (χ4n) is 4.41. The van der Waals surface area contributed by atoms with Crippen molar-refractivity contribution in [2.45, 2.75) is 25.4 Å². The molecule has 174 valence electrons. The predicted molar refractivity (Wildman–Crippen MR) is 112 cm³/mol. The lowest BCUT2D eigenvalue weighted by Crippen LogP contribution is -2.40. The number of alkyl halides is 3. The maximum atomic E-state index is 14.5. The third-order valence-corrected chi connectivity index (χ3v) is 6.22. The van der Waals surface area contributed by atoms with E-state index in [9.17, 15) is 27.2 Å². The Bertz CT molecular complexity index is 1340. The second kappa shape index (κ2) is 7.66. The zero-order chi connectivity index (χ0) is 24.3. The third kappa shape index (κ3) is 3.81. The van der Waals surface area contributed by atoms with Crippen molar-refractivity contribution in [3.8, 4) is 16.9 Å². The molecule has 0 radical (unpaired) electrons. The molecular formula is C25H18F4NO4+. The summed E-state index contributed by atoms with van der Waals surface area (Å²) >= 11 is 0. The van der Waals surface area contributed by atoms with E-state index in [0.29, 0.717) is 29.0 Å². The molecule has 5 rings (SSSR count). The molecule has 1 saturated heterocycles. The summed E-state index contributed by atoms with van der Waals surface area (Å²) in [7, 11) is 0. The number of halogens is 4. The summed E-state index contributed by atoms with van der Waals surface area (Å²) in [5, 5.41) is 9.04. The number of fused-ring (bicyclic) bond motifs is 2. The van der Waals surface area contributed by atoms with Crippen LogP contribution in [0.5, 0.6) is 5.75 Å². The van der Waals surface area contributed by atoms with E-state index >= 15 is 0 Å². The highest BCUT2D eigenvalue weighted by atomic mass is 19.4. The first kappa shape index (κ1) is 22.1. The standard InChI is InChI=1S/C25H17F4NO4/c26-20-11-18(25(27,28)29)5-6-19(20)24(33)30-12-17-10-16(4-7-21(17)34-22(30)13-30)15-3-1-2-14(8-15)9-23(31)32/h1-8,10-11,22H,9,12-13H2/p+1. The minimum atomic E-state index is -4.71. The van der Waals surface area contributed by atoms with Gasteiger partial charge >= 0.3 is 18.1 Å². The number of aliphatic carboxylic acids is 1. The van der Waals surface area contributed by atoms with Gasteiger partial charge in [-0.25, -0.2) is 13.7 Å². The smallest absolute Gasteiger partial charge is 0.416 e. The first-order valence-corrected chi connectivity index (χ1v) is 10.5. The summed E-state index contributed by atoms with van der Waals surface area (Å²) in [5.41, 5.74) is 1.37. The van der Waals surface area contributed by atoms with E-state index in [2.05, 4.69) is 0 Å². The third-order valence-electron chi connectivity index (χ3n) is 6.22. The topological polar surface area (TPSA) is 63.6 Å². The molecule has 1 N–H and O–H groups in total. The van der Waals surface area contributed by atoms with Crippen molar-refractivity contribution in [1.29, 1.82) is 0 Å². The van der Waals surface area contributed by atoms with Crippen LogP contribution in [0.15, 0.2) is 60.7 Å². The van der Waals surface area contributed by atoms with Crippen molar-refractivity contribution in [2.24, 2.45) is 0 Å². The number of hydrogen-bond donors (Lipinski definition) is 1. The molecule has 3 aromatic carbocycles. The van der Waals surface area contributed by atoms with Gasteiger partial charge in [-0.3, -0.25) is 4.79 Å². The molecule has 0 spiro atoms.